The van der Waals surface area contributed by atoms with E-state index in [-0.39, 0.29) is 11.9 Å². The van der Waals surface area contributed by atoms with Gasteiger partial charge in [0.15, 0.2) is 0 Å². The van der Waals surface area contributed by atoms with E-state index >= 15 is 0 Å². The molecule has 0 bridgehead atoms. The normalized spacial score (nSPS) is 17.2. The molecule has 0 radical (unpaired) electrons. The quantitative estimate of drug-likeness (QED) is 0.919. The average molecular weight is 282 g/mol. The first-order chi connectivity index (χ1) is 10.2. The minimum absolute atomic E-state index is 0.0979. The highest BCUT2D eigenvalue weighted by molar-refractivity contribution is 6.05. The number of nitrogens with zero attached hydrogens (tertiary/aromatic N) is 3. The Kier molecular flexibility index (Phi) is 3.56. The second-order valence-electron chi connectivity index (χ2n) is 5.23. The summed E-state index contributed by atoms with van der Waals surface area (Å²) in [4.78, 5) is 23.1. The summed E-state index contributed by atoms with van der Waals surface area (Å²) < 4.78 is 0. The largest absolute Gasteiger partial charge is 0.372 e. The molecular formula is C16H18N4O. The number of hydrogen-bond donors (Lipinski definition) is 1. The van der Waals surface area contributed by atoms with Gasteiger partial charge in [-0.1, -0.05) is 18.2 Å². The van der Waals surface area contributed by atoms with Crippen molar-refractivity contribution in [3.63, 3.8) is 0 Å². The Hall–Kier alpha value is -2.43. The maximum absolute atomic E-state index is 12.8. The Morgan fingerprint density at radius 1 is 1.33 bits per heavy atom. The highest BCUT2D eigenvalue weighted by Crippen LogP contribution is 2.31. The lowest BCUT2D eigenvalue weighted by Gasteiger charge is -2.35. The first-order valence-electron chi connectivity index (χ1n) is 7.12. The molecule has 1 unspecified atom stereocenters. The number of aromatic nitrogens is 2. The molecule has 1 atom stereocenters. The summed E-state index contributed by atoms with van der Waals surface area (Å²) in [5, 5.41) is 2.91. The third kappa shape index (κ3) is 2.46. The Labute approximate surface area is 124 Å². The molecule has 3 rings (SSSR count). The number of benzene rings is 1. The van der Waals surface area contributed by atoms with Crippen LogP contribution in [0.15, 0.2) is 36.7 Å². The van der Waals surface area contributed by atoms with Gasteiger partial charge in [-0.3, -0.25) is 9.78 Å². The summed E-state index contributed by atoms with van der Waals surface area (Å²) in [7, 11) is 1.76. The summed E-state index contributed by atoms with van der Waals surface area (Å²) in [6, 6.07) is 8.22. The highest BCUT2D eigenvalue weighted by Gasteiger charge is 2.29. The summed E-state index contributed by atoms with van der Waals surface area (Å²) in [6.07, 6.45) is 5.09. The molecule has 1 aromatic carbocycles. The molecule has 0 spiro atoms. The fourth-order valence-corrected chi connectivity index (χ4v) is 2.71. The van der Waals surface area contributed by atoms with E-state index in [1.165, 1.54) is 11.8 Å². The van der Waals surface area contributed by atoms with Crippen molar-refractivity contribution in [3.8, 4) is 0 Å². The van der Waals surface area contributed by atoms with Crippen LogP contribution in [0.25, 0.3) is 0 Å². The van der Waals surface area contributed by atoms with E-state index in [9.17, 15) is 4.79 Å². The Morgan fingerprint density at radius 3 is 2.95 bits per heavy atom. The van der Waals surface area contributed by atoms with Crippen molar-refractivity contribution in [1.29, 1.82) is 0 Å². The molecule has 1 amide bonds. The minimum Gasteiger partial charge on any atom is -0.372 e. The zero-order chi connectivity index (χ0) is 14.8. The SMILES string of the molecule is CNc1cncc(C(=O)N2c3ccccc3CCC2C)n1. The molecule has 2 aromatic rings. The molecule has 0 fully saturated rings. The van der Waals surface area contributed by atoms with E-state index in [1.54, 1.807) is 13.2 Å². The maximum atomic E-state index is 12.8. The van der Waals surface area contributed by atoms with Gasteiger partial charge < -0.3 is 10.2 Å². The summed E-state index contributed by atoms with van der Waals surface area (Å²) >= 11 is 0. The number of amides is 1. The van der Waals surface area contributed by atoms with Crippen LogP contribution in [0.3, 0.4) is 0 Å². The fraction of sp³-hybridized carbons (Fsp3) is 0.312. The van der Waals surface area contributed by atoms with Crippen molar-refractivity contribution in [2.75, 3.05) is 17.3 Å². The molecule has 0 aliphatic carbocycles. The molecule has 0 saturated carbocycles. The highest BCUT2D eigenvalue weighted by atomic mass is 16.2. The Balaban J connectivity index is 2.00. The van der Waals surface area contributed by atoms with Crippen LogP contribution in [0.2, 0.25) is 0 Å². The van der Waals surface area contributed by atoms with Gasteiger partial charge in [-0.25, -0.2) is 4.98 Å². The molecule has 1 aliphatic rings. The van der Waals surface area contributed by atoms with Gasteiger partial charge in [-0.2, -0.15) is 0 Å². The molecule has 1 N–H and O–H groups in total. The van der Waals surface area contributed by atoms with Gasteiger partial charge >= 0.3 is 0 Å². The number of anilines is 2. The molecule has 2 heterocycles. The molecule has 0 saturated heterocycles. The second-order valence-corrected chi connectivity index (χ2v) is 5.23. The van der Waals surface area contributed by atoms with Gasteiger partial charge in [0.1, 0.15) is 11.5 Å². The number of carbonyl (C=O) groups is 1. The molecule has 1 aromatic heterocycles. The van der Waals surface area contributed by atoms with Crippen molar-refractivity contribution >= 4 is 17.4 Å². The first kappa shape index (κ1) is 13.5. The van der Waals surface area contributed by atoms with Crippen molar-refractivity contribution in [2.24, 2.45) is 0 Å². The van der Waals surface area contributed by atoms with E-state index in [4.69, 9.17) is 0 Å². The smallest absolute Gasteiger partial charge is 0.278 e. The predicted octanol–water partition coefficient (Wildman–Crippen LogP) is 2.50. The van der Waals surface area contributed by atoms with Gasteiger partial charge in [0.25, 0.3) is 5.91 Å². The zero-order valence-corrected chi connectivity index (χ0v) is 12.2. The number of para-hydroxylation sites is 1. The fourth-order valence-electron chi connectivity index (χ4n) is 2.71. The van der Waals surface area contributed by atoms with Crippen LogP contribution in [-0.2, 0) is 6.42 Å². The van der Waals surface area contributed by atoms with Crippen molar-refractivity contribution in [3.05, 3.63) is 47.9 Å². The first-order valence-corrected chi connectivity index (χ1v) is 7.12. The van der Waals surface area contributed by atoms with Crippen LogP contribution in [0.1, 0.15) is 29.4 Å². The number of rotatable bonds is 2. The Bertz CT molecular complexity index is 671. The van der Waals surface area contributed by atoms with E-state index in [2.05, 4.69) is 28.3 Å². The van der Waals surface area contributed by atoms with Crippen LogP contribution >= 0.6 is 0 Å². The van der Waals surface area contributed by atoms with E-state index in [0.29, 0.717) is 11.5 Å². The topological polar surface area (TPSA) is 58.1 Å². The standard InChI is InChI=1S/C16H18N4O/c1-11-7-8-12-5-3-4-6-14(12)20(11)16(21)13-9-18-10-15(17-2)19-13/h3-6,9-11H,7-8H2,1-2H3,(H,17,19). The minimum atomic E-state index is -0.0979. The summed E-state index contributed by atoms with van der Waals surface area (Å²) in [5.74, 6) is 0.498. The van der Waals surface area contributed by atoms with Crippen LogP contribution in [0.4, 0.5) is 11.5 Å². The molecule has 5 heteroatoms. The number of hydrogen-bond acceptors (Lipinski definition) is 4. The van der Waals surface area contributed by atoms with Crippen LogP contribution in [-0.4, -0.2) is 29.0 Å². The zero-order valence-electron chi connectivity index (χ0n) is 12.2. The lowest BCUT2D eigenvalue weighted by Crippen LogP contribution is -2.42. The molecule has 1 aliphatic heterocycles. The van der Waals surface area contributed by atoms with Gasteiger partial charge in [-0.05, 0) is 31.4 Å². The monoisotopic (exact) mass is 282 g/mol. The molecule has 108 valence electrons. The van der Waals surface area contributed by atoms with Gasteiger partial charge in [0, 0.05) is 18.8 Å². The lowest BCUT2D eigenvalue weighted by molar-refractivity contribution is 0.0970. The third-order valence-electron chi connectivity index (χ3n) is 3.85. The van der Waals surface area contributed by atoms with Gasteiger partial charge in [0.05, 0.1) is 12.4 Å². The van der Waals surface area contributed by atoms with E-state index in [1.807, 2.05) is 23.1 Å². The maximum Gasteiger partial charge on any atom is 0.278 e. The molecule has 21 heavy (non-hydrogen) atoms. The number of fused-ring (bicyclic) bond motifs is 1. The van der Waals surface area contributed by atoms with Crippen molar-refractivity contribution < 1.29 is 4.79 Å². The molecule has 5 nitrogen and oxygen atoms in total. The third-order valence-corrected chi connectivity index (χ3v) is 3.85. The molecular weight excluding hydrogens is 264 g/mol. The van der Waals surface area contributed by atoms with Crippen LogP contribution < -0.4 is 10.2 Å². The summed E-state index contributed by atoms with van der Waals surface area (Å²) in [5.41, 5.74) is 2.56. The lowest BCUT2D eigenvalue weighted by atomic mass is 9.96. The number of nitrogens with one attached hydrogen (secondary N) is 1. The average Bonchev–Trinajstić information content (AvgIpc) is 2.54. The van der Waals surface area contributed by atoms with Crippen molar-refractivity contribution in [1.82, 2.24) is 9.97 Å². The van der Waals surface area contributed by atoms with Crippen LogP contribution in [0.5, 0.6) is 0 Å². The number of aryl methyl sites for hydroxylation is 1. The van der Waals surface area contributed by atoms with Gasteiger partial charge in [-0.15, -0.1) is 0 Å². The predicted molar refractivity (Wildman–Crippen MR) is 82.6 cm³/mol. The van der Waals surface area contributed by atoms with E-state index in [0.717, 1.165) is 18.5 Å². The van der Waals surface area contributed by atoms with E-state index < -0.39 is 0 Å². The van der Waals surface area contributed by atoms with Gasteiger partial charge in [0.2, 0.25) is 0 Å². The van der Waals surface area contributed by atoms with Crippen LogP contribution in [0, 0.1) is 0 Å². The number of carbonyl (C=O) groups excluding carboxylic acids is 1. The summed E-state index contributed by atoms with van der Waals surface area (Å²) in [6.45, 7) is 2.07. The van der Waals surface area contributed by atoms with Crippen molar-refractivity contribution in [2.45, 2.75) is 25.8 Å². The second kappa shape index (κ2) is 5.52. The Morgan fingerprint density at radius 2 is 2.14 bits per heavy atom.